The molecule has 0 aromatic heterocycles. The molecule has 0 heterocycles. The van der Waals surface area contributed by atoms with Crippen molar-refractivity contribution in [1.29, 1.82) is 0 Å². The first kappa shape index (κ1) is 19.6. The van der Waals surface area contributed by atoms with Crippen LogP contribution in [-0.4, -0.2) is 31.4 Å². The molecule has 0 aliphatic rings. The van der Waals surface area contributed by atoms with Crippen molar-refractivity contribution in [2.75, 3.05) is 13.2 Å². The van der Waals surface area contributed by atoms with Gasteiger partial charge in [-0.2, -0.15) is 0 Å². The molecule has 2 rings (SSSR count). The Bertz CT molecular complexity index is 887. The number of non-ortho nitro benzene ring substituents is 1. The summed E-state index contributed by atoms with van der Waals surface area (Å²) in [5.41, 5.74) is -0.203. The molecule has 2 aromatic rings. The molecule has 0 aliphatic carbocycles. The van der Waals surface area contributed by atoms with E-state index in [2.05, 4.69) is 4.72 Å². The standard InChI is InChI=1S/C14H15N2O6PS2/c17-16(18)12-6-8-14(9-7-12)25(20,21)15-10-11-22-23(19,24)13-4-2-1-3-5-13/h1-9,15H,10-11H2,(H,19,24). The van der Waals surface area contributed by atoms with E-state index in [0.717, 1.165) is 24.3 Å². The zero-order valence-corrected chi connectivity index (χ0v) is 15.3. The van der Waals surface area contributed by atoms with E-state index in [1.54, 1.807) is 30.3 Å². The maximum atomic E-state index is 12.1. The van der Waals surface area contributed by atoms with Crippen molar-refractivity contribution in [3.8, 4) is 0 Å². The van der Waals surface area contributed by atoms with E-state index in [1.807, 2.05) is 0 Å². The molecule has 2 aromatic carbocycles. The predicted octanol–water partition coefficient (Wildman–Crippen LogP) is 1.52. The van der Waals surface area contributed by atoms with Gasteiger partial charge in [0.1, 0.15) is 0 Å². The second-order valence-corrected chi connectivity index (χ2v) is 9.91. The fourth-order valence-electron chi connectivity index (χ4n) is 1.87. The van der Waals surface area contributed by atoms with Crippen LogP contribution in [0.1, 0.15) is 0 Å². The first-order valence-electron chi connectivity index (χ1n) is 6.99. The zero-order valence-electron chi connectivity index (χ0n) is 12.8. The average Bonchev–Trinajstić information content (AvgIpc) is 2.60. The molecule has 0 bridgehead atoms. The van der Waals surface area contributed by atoms with E-state index in [1.165, 1.54) is 0 Å². The van der Waals surface area contributed by atoms with E-state index < -0.39 is 21.4 Å². The molecule has 0 aliphatic heterocycles. The number of benzene rings is 2. The second-order valence-electron chi connectivity index (χ2n) is 4.84. The fourth-order valence-corrected chi connectivity index (χ4v) is 4.51. The van der Waals surface area contributed by atoms with Crippen LogP contribution in [0.3, 0.4) is 0 Å². The molecular weight excluding hydrogens is 387 g/mol. The molecule has 0 spiro atoms. The number of nitrogens with one attached hydrogen (secondary N) is 1. The lowest BCUT2D eigenvalue weighted by Crippen LogP contribution is -2.27. The highest BCUT2D eigenvalue weighted by molar-refractivity contribution is 8.13. The quantitative estimate of drug-likeness (QED) is 0.297. The van der Waals surface area contributed by atoms with Crippen LogP contribution in [-0.2, 0) is 26.4 Å². The Balaban J connectivity index is 1.92. The summed E-state index contributed by atoms with van der Waals surface area (Å²) in [6, 6.07) is 13.0. The molecule has 2 N–H and O–H groups in total. The maximum absolute atomic E-state index is 12.1. The Hall–Kier alpha value is -1.68. The van der Waals surface area contributed by atoms with Crippen molar-refractivity contribution in [3.63, 3.8) is 0 Å². The minimum absolute atomic E-state index is 0.106. The molecular formula is C14H15N2O6PS2. The monoisotopic (exact) mass is 402 g/mol. The molecule has 1 unspecified atom stereocenters. The molecule has 0 amide bonds. The van der Waals surface area contributed by atoms with Crippen molar-refractivity contribution in [1.82, 2.24) is 4.72 Å². The van der Waals surface area contributed by atoms with Gasteiger partial charge in [0.2, 0.25) is 16.5 Å². The van der Waals surface area contributed by atoms with Crippen LogP contribution in [0.15, 0.2) is 59.5 Å². The summed E-state index contributed by atoms with van der Waals surface area (Å²) in [6.45, 7) is -3.42. The highest BCUT2D eigenvalue weighted by Crippen LogP contribution is 2.40. The van der Waals surface area contributed by atoms with Crippen molar-refractivity contribution >= 4 is 39.3 Å². The lowest BCUT2D eigenvalue weighted by molar-refractivity contribution is -0.384. The molecule has 11 heteroatoms. The Kier molecular flexibility index (Phi) is 6.39. The Labute approximate surface area is 149 Å². The van der Waals surface area contributed by atoms with Gasteiger partial charge >= 0.3 is 0 Å². The summed E-state index contributed by atoms with van der Waals surface area (Å²) in [6.07, 6.45) is 0. The number of nitro benzene ring substituents is 1. The van der Waals surface area contributed by atoms with Crippen LogP contribution < -0.4 is 10.0 Å². The lowest BCUT2D eigenvalue weighted by atomic mass is 10.3. The van der Waals surface area contributed by atoms with Crippen LogP contribution >= 0.6 is 6.49 Å². The third-order valence-corrected chi connectivity index (χ3v) is 7.01. The van der Waals surface area contributed by atoms with Gasteiger partial charge in [-0.05, 0) is 36.1 Å². The highest BCUT2D eigenvalue weighted by atomic mass is 32.5. The number of hydrogen-bond acceptors (Lipinski definition) is 6. The first-order chi connectivity index (χ1) is 11.7. The normalized spacial score (nSPS) is 14.0. The topological polar surface area (TPSA) is 119 Å². The second kappa shape index (κ2) is 8.13. The summed E-state index contributed by atoms with van der Waals surface area (Å²) in [7, 11) is -3.84. The van der Waals surface area contributed by atoms with Gasteiger partial charge < -0.3 is 9.42 Å². The van der Waals surface area contributed by atoms with Gasteiger partial charge in [-0.15, -0.1) is 0 Å². The third-order valence-electron chi connectivity index (χ3n) is 3.10. The Morgan fingerprint density at radius 1 is 1.16 bits per heavy atom. The fraction of sp³-hybridized carbons (Fsp3) is 0.143. The van der Waals surface area contributed by atoms with Crippen LogP contribution in [0.5, 0.6) is 0 Å². The van der Waals surface area contributed by atoms with Gasteiger partial charge in [0, 0.05) is 24.0 Å². The van der Waals surface area contributed by atoms with Crippen LogP contribution in [0.25, 0.3) is 0 Å². The predicted molar refractivity (Wildman–Crippen MR) is 96.8 cm³/mol. The summed E-state index contributed by atoms with van der Waals surface area (Å²) in [5.74, 6) is 0. The summed E-state index contributed by atoms with van der Waals surface area (Å²) in [4.78, 5) is 20.0. The van der Waals surface area contributed by atoms with Gasteiger partial charge in [0.25, 0.3) is 5.69 Å². The average molecular weight is 402 g/mol. The number of nitrogens with zero attached hydrogens (tertiary/aromatic N) is 1. The lowest BCUT2D eigenvalue weighted by Gasteiger charge is -2.16. The largest absolute Gasteiger partial charge is 0.342 e. The Morgan fingerprint density at radius 2 is 1.76 bits per heavy atom. The summed E-state index contributed by atoms with van der Waals surface area (Å²) < 4.78 is 31.7. The summed E-state index contributed by atoms with van der Waals surface area (Å²) in [5, 5.41) is 11.1. The first-order valence-corrected chi connectivity index (χ1v) is 11.1. The molecule has 0 saturated carbocycles. The Morgan fingerprint density at radius 3 is 2.32 bits per heavy atom. The van der Waals surface area contributed by atoms with Crippen molar-refractivity contribution in [3.05, 3.63) is 64.7 Å². The number of hydrogen-bond donors (Lipinski definition) is 2. The summed E-state index contributed by atoms with van der Waals surface area (Å²) >= 11 is 5.05. The maximum Gasteiger partial charge on any atom is 0.269 e. The van der Waals surface area contributed by atoms with Gasteiger partial charge in [-0.25, -0.2) is 13.1 Å². The van der Waals surface area contributed by atoms with Crippen molar-refractivity contribution in [2.24, 2.45) is 0 Å². The van der Waals surface area contributed by atoms with E-state index in [-0.39, 0.29) is 23.7 Å². The molecule has 0 radical (unpaired) electrons. The number of nitro groups is 1. The van der Waals surface area contributed by atoms with Gasteiger partial charge in [-0.3, -0.25) is 10.1 Å². The molecule has 0 fully saturated rings. The molecule has 25 heavy (non-hydrogen) atoms. The third kappa shape index (κ3) is 5.40. The van der Waals surface area contributed by atoms with E-state index >= 15 is 0 Å². The van der Waals surface area contributed by atoms with E-state index in [9.17, 15) is 23.4 Å². The smallest absolute Gasteiger partial charge is 0.269 e. The van der Waals surface area contributed by atoms with Crippen molar-refractivity contribution in [2.45, 2.75) is 4.90 Å². The number of sulfonamides is 1. The number of rotatable bonds is 8. The van der Waals surface area contributed by atoms with E-state index in [4.69, 9.17) is 16.3 Å². The van der Waals surface area contributed by atoms with Gasteiger partial charge in [0.05, 0.1) is 16.4 Å². The van der Waals surface area contributed by atoms with Gasteiger partial charge in [0.15, 0.2) is 0 Å². The van der Waals surface area contributed by atoms with Crippen LogP contribution in [0.2, 0.25) is 0 Å². The minimum Gasteiger partial charge on any atom is -0.342 e. The molecule has 134 valence electrons. The highest BCUT2D eigenvalue weighted by Gasteiger charge is 2.18. The molecule has 8 nitrogen and oxygen atoms in total. The minimum atomic E-state index is -3.84. The molecule has 1 atom stereocenters. The zero-order chi connectivity index (χ0) is 18.5. The molecule has 0 saturated heterocycles. The van der Waals surface area contributed by atoms with Crippen LogP contribution in [0.4, 0.5) is 5.69 Å². The van der Waals surface area contributed by atoms with Gasteiger partial charge in [-0.1, -0.05) is 18.2 Å². The van der Waals surface area contributed by atoms with Crippen molar-refractivity contribution < 1.29 is 22.8 Å². The van der Waals surface area contributed by atoms with Crippen LogP contribution in [0, 0.1) is 10.1 Å². The van der Waals surface area contributed by atoms with E-state index in [0.29, 0.717) is 5.30 Å². The SMILES string of the molecule is O=[N+]([O-])c1ccc(S(=O)(=O)NCCOP(O)(=S)c2ccccc2)cc1.